The maximum absolute atomic E-state index is 12.5. The molecule has 130 valence electrons. The van der Waals surface area contributed by atoms with Gasteiger partial charge in [0.15, 0.2) is 0 Å². The first-order chi connectivity index (χ1) is 10.9. The third-order valence-corrected chi connectivity index (χ3v) is 4.08. The van der Waals surface area contributed by atoms with Crippen LogP contribution in [-0.4, -0.2) is 31.3 Å². The molecule has 7 heteroatoms. The fraction of sp³-hybridized carbons (Fsp3) is 0.562. The molecule has 0 heterocycles. The van der Waals surface area contributed by atoms with E-state index in [1.165, 1.54) is 13.2 Å². The lowest BCUT2D eigenvalue weighted by Crippen LogP contribution is -2.40. The van der Waals surface area contributed by atoms with Crippen LogP contribution in [-0.2, 0) is 11.3 Å². The van der Waals surface area contributed by atoms with Crippen LogP contribution >= 0.6 is 0 Å². The zero-order chi connectivity index (χ0) is 17.5. The van der Waals surface area contributed by atoms with Crippen LogP contribution in [0.4, 0.5) is 8.78 Å². The highest BCUT2D eigenvalue weighted by molar-refractivity contribution is 5.74. The Morgan fingerprint density at radius 2 is 2.00 bits per heavy atom. The number of ether oxygens (including phenoxy) is 2. The second-order valence-corrected chi connectivity index (χ2v) is 5.25. The summed E-state index contributed by atoms with van der Waals surface area (Å²) in [4.78, 5) is 11.4. The maximum Gasteiger partial charge on any atom is 0.387 e. The molecule has 0 radical (unpaired) electrons. The Morgan fingerprint density at radius 1 is 1.35 bits per heavy atom. The summed E-state index contributed by atoms with van der Waals surface area (Å²) >= 11 is 0. The van der Waals surface area contributed by atoms with Crippen molar-refractivity contribution in [2.45, 2.75) is 39.8 Å². The number of hydrogen-bond acceptors (Lipinski definition) is 4. The number of carboxylic acids is 1. The zero-order valence-corrected chi connectivity index (χ0v) is 13.6. The average molecular weight is 331 g/mol. The van der Waals surface area contributed by atoms with Crippen molar-refractivity contribution in [3.63, 3.8) is 0 Å². The Balaban J connectivity index is 2.82. The lowest BCUT2D eigenvalue weighted by molar-refractivity contribution is -0.149. The van der Waals surface area contributed by atoms with Crippen molar-refractivity contribution in [1.82, 2.24) is 5.32 Å². The Bertz CT molecular complexity index is 519. The van der Waals surface area contributed by atoms with Gasteiger partial charge in [0.05, 0.1) is 12.5 Å². The quantitative estimate of drug-likeness (QED) is 0.689. The molecule has 0 unspecified atom stereocenters. The molecule has 0 aliphatic heterocycles. The van der Waals surface area contributed by atoms with Crippen molar-refractivity contribution >= 4 is 5.97 Å². The highest BCUT2D eigenvalue weighted by Crippen LogP contribution is 2.28. The van der Waals surface area contributed by atoms with Gasteiger partial charge in [0.2, 0.25) is 0 Å². The summed E-state index contributed by atoms with van der Waals surface area (Å²) in [5, 5.41) is 12.4. The van der Waals surface area contributed by atoms with Crippen LogP contribution in [0.15, 0.2) is 18.2 Å². The standard InChI is InChI=1S/C16H23F2NO4/c1-4-16(5-2,14(20)21)10-19-9-11-6-7-12(22-3)8-13(11)23-15(17)18/h6-8,15,19H,4-5,9-10H2,1-3H3,(H,20,21). The summed E-state index contributed by atoms with van der Waals surface area (Å²) in [5.74, 6) is -0.444. The minimum atomic E-state index is -2.94. The third kappa shape index (κ3) is 5.06. The molecule has 0 bridgehead atoms. The fourth-order valence-corrected chi connectivity index (χ4v) is 2.33. The molecule has 1 aromatic carbocycles. The van der Waals surface area contributed by atoms with E-state index in [0.717, 1.165) is 0 Å². The van der Waals surface area contributed by atoms with Gasteiger partial charge in [-0.3, -0.25) is 4.79 Å². The van der Waals surface area contributed by atoms with Crippen LogP contribution in [0.2, 0.25) is 0 Å². The molecular weight excluding hydrogens is 308 g/mol. The smallest absolute Gasteiger partial charge is 0.387 e. The second kappa shape index (κ2) is 8.67. The average Bonchev–Trinajstić information content (AvgIpc) is 2.52. The predicted octanol–water partition coefficient (Wildman–Crippen LogP) is 3.28. The van der Waals surface area contributed by atoms with Gasteiger partial charge >= 0.3 is 12.6 Å². The number of aliphatic carboxylic acids is 1. The highest BCUT2D eigenvalue weighted by Gasteiger charge is 2.34. The summed E-state index contributed by atoms with van der Waals surface area (Å²) < 4.78 is 34.5. The predicted molar refractivity (Wildman–Crippen MR) is 82.0 cm³/mol. The molecule has 0 atom stereocenters. The van der Waals surface area contributed by atoms with Gasteiger partial charge in [0.1, 0.15) is 11.5 Å². The van der Waals surface area contributed by atoms with Gasteiger partial charge in [-0.1, -0.05) is 19.9 Å². The molecule has 2 N–H and O–H groups in total. The number of hydrogen-bond donors (Lipinski definition) is 2. The summed E-state index contributed by atoms with van der Waals surface area (Å²) in [6.45, 7) is 1.16. The van der Waals surface area contributed by atoms with E-state index in [1.807, 2.05) is 13.8 Å². The normalized spacial score (nSPS) is 11.6. The van der Waals surface area contributed by atoms with Crippen molar-refractivity contribution in [2.24, 2.45) is 5.41 Å². The Kier molecular flexibility index (Phi) is 7.22. The topological polar surface area (TPSA) is 67.8 Å². The summed E-state index contributed by atoms with van der Waals surface area (Å²) in [6.07, 6.45) is 0.962. The number of carboxylic acid groups (broad SMARTS) is 1. The summed E-state index contributed by atoms with van der Waals surface area (Å²) in [7, 11) is 1.43. The van der Waals surface area contributed by atoms with Crippen molar-refractivity contribution in [3.05, 3.63) is 23.8 Å². The molecular formula is C16H23F2NO4. The SMILES string of the molecule is CCC(CC)(CNCc1ccc(OC)cc1OC(F)F)C(=O)O. The minimum Gasteiger partial charge on any atom is -0.497 e. The lowest BCUT2D eigenvalue weighted by Gasteiger charge is -2.27. The molecule has 0 aromatic heterocycles. The van der Waals surface area contributed by atoms with Crippen molar-refractivity contribution in [1.29, 1.82) is 0 Å². The molecule has 1 rings (SSSR count). The first-order valence-corrected chi connectivity index (χ1v) is 7.44. The molecule has 0 amide bonds. The molecule has 5 nitrogen and oxygen atoms in total. The van der Waals surface area contributed by atoms with Crippen LogP contribution in [0.25, 0.3) is 0 Å². The van der Waals surface area contributed by atoms with E-state index in [2.05, 4.69) is 10.1 Å². The van der Waals surface area contributed by atoms with Crippen LogP contribution < -0.4 is 14.8 Å². The van der Waals surface area contributed by atoms with E-state index in [4.69, 9.17) is 4.74 Å². The van der Waals surface area contributed by atoms with Gasteiger partial charge in [-0.05, 0) is 18.9 Å². The van der Waals surface area contributed by atoms with E-state index >= 15 is 0 Å². The maximum atomic E-state index is 12.5. The van der Waals surface area contributed by atoms with Crippen LogP contribution in [0.3, 0.4) is 0 Å². The van der Waals surface area contributed by atoms with Gasteiger partial charge in [-0.15, -0.1) is 0 Å². The zero-order valence-electron chi connectivity index (χ0n) is 13.6. The van der Waals surface area contributed by atoms with Gasteiger partial charge in [0, 0.05) is 24.7 Å². The van der Waals surface area contributed by atoms with Gasteiger partial charge < -0.3 is 19.9 Å². The molecule has 1 aromatic rings. The van der Waals surface area contributed by atoms with Crippen LogP contribution in [0.5, 0.6) is 11.5 Å². The largest absolute Gasteiger partial charge is 0.497 e. The number of methoxy groups -OCH3 is 1. The summed E-state index contributed by atoms with van der Waals surface area (Å²) in [5.41, 5.74) is -0.353. The minimum absolute atomic E-state index is 0.0146. The molecule has 0 saturated heterocycles. The number of alkyl halides is 2. The lowest BCUT2D eigenvalue weighted by atomic mass is 9.82. The van der Waals surface area contributed by atoms with Gasteiger partial charge in [-0.2, -0.15) is 8.78 Å². The number of benzene rings is 1. The van der Waals surface area contributed by atoms with Crippen molar-refractivity contribution in [3.8, 4) is 11.5 Å². The van der Waals surface area contributed by atoms with E-state index in [0.29, 0.717) is 24.2 Å². The van der Waals surface area contributed by atoms with Crippen LogP contribution in [0, 0.1) is 5.41 Å². The van der Waals surface area contributed by atoms with Gasteiger partial charge in [-0.25, -0.2) is 0 Å². The number of nitrogens with one attached hydrogen (secondary N) is 1. The van der Waals surface area contributed by atoms with E-state index in [9.17, 15) is 18.7 Å². The van der Waals surface area contributed by atoms with E-state index < -0.39 is 18.0 Å². The van der Waals surface area contributed by atoms with E-state index in [-0.39, 0.29) is 18.8 Å². The Labute approximate surface area is 134 Å². The summed E-state index contributed by atoms with van der Waals surface area (Å²) in [6, 6.07) is 4.64. The first kappa shape index (κ1) is 19.2. The monoisotopic (exact) mass is 331 g/mol. The molecule has 0 aliphatic rings. The molecule has 23 heavy (non-hydrogen) atoms. The van der Waals surface area contributed by atoms with Gasteiger partial charge in [0.25, 0.3) is 0 Å². The number of rotatable bonds is 10. The molecule has 0 saturated carbocycles. The molecule has 0 aliphatic carbocycles. The second-order valence-electron chi connectivity index (χ2n) is 5.25. The molecule has 0 fully saturated rings. The third-order valence-electron chi connectivity index (χ3n) is 4.08. The molecule has 0 spiro atoms. The fourth-order valence-electron chi connectivity index (χ4n) is 2.33. The Hall–Kier alpha value is -1.89. The highest BCUT2D eigenvalue weighted by atomic mass is 19.3. The first-order valence-electron chi connectivity index (χ1n) is 7.44. The Morgan fingerprint density at radius 3 is 2.48 bits per heavy atom. The van der Waals surface area contributed by atoms with E-state index in [1.54, 1.807) is 12.1 Å². The van der Waals surface area contributed by atoms with Crippen molar-refractivity contribution < 1.29 is 28.2 Å². The number of halogens is 2. The number of carbonyl (C=O) groups is 1. The van der Waals surface area contributed by atoms with Crippen LogP contribution in [0.1, 0.15) is 32.3 Å². The van der Waals surface area contributed by atoms with Crippen molar-refractivity contribution in [2.75, 3.05) is 13.7 Å².